The van der Waals surface area contributed by atoms with Gasteiger partial charge in [-0.3, -0.25) is 14.9 Å². The molecule has 0 radical (unpaired) electrons. The number of methoxy groups -OCH3 is 1. The van der Waals surface area contributed by atoms with Gasteiger partial charge in [-0.25, -0.2) is 15.1 Å². The van der Waals surface area contributed by atoms with E-state index in [0.717, 1.165) is 21.8 Å². The van der Waals surface area contributed by atoms with Crippen molar-refractivity contribution in [3.05, 3.63) is 76.1 Å². The maximum absolute atomic E-state index is 13.1. The maximum atomic E-state index is 13.1. The Morgan fingerprint density at radius 2 is 1.89 bits per heavy atom. The number of aliphatic imine (C=N–C) groups is 1. The molecule has 2 aromatic carbocycles. The molecule has 188 valence electrons. The lowest BCUT2D eigenvalue weighted by atomic mass is 9.95. The molecule has 2 amide bonds. The lowest BCUT2D eigenvalue weighted by Gasteiger charge is -2.05. The number of hydrogen-bond donors (Lipinski definition) is 4. The Morgan fingerprint density at radius 1 is 1.14 bits per heavy atom. The van der Waals surface area contributed by atoms with E-state index in [2.05, 4.69) is 15.3 Å². The Hall–Kier alpha value is -5.13. The van der Waals surface area contributed by atoms with Crippen LogP contribution in [0, 0.1) is 10.1 Å². The summed E-state index contributed by atoms with van der Waals surface area (Å²) in [5, 5.41) is 13.7. The number of fused-ring (bicyclic) bond motifs is 2. The molecular formula is C25H23N7O5. The van der Waals surface area contributed by atoms with Crippen molar-refractivity contribution in [1.82, 2.24) is 20.3 Å². The van der Waals surface area contributed by atoms with Gasteiger partial charge in [-0.05, 0) is 30.7 Å². The lowest BCUT2D eigenvalue weighted by Crippen LogP contribution is -2.36. The first-order chi connectivity index (χ1) is 17.9. The van der Waals surface area contributed by atoms with Gasteiger partial charge in [0.15, 0.2) is 5.03 Å². The smallest absolute Gasteiger partial charge is 0.259 e. The molecule has 2 aromatic heterocycles. The standard InChI is InChI=1S/C25H23N7O5/c1-37-14-7-8-20-16(11-14)18(13-31(20)10-4-9-27-25(26)30-32(35)36)22-21(23(33)29-24(22)34)17-12-28-19-6-3-2-5-15(17)19/h2-3,5-8,11-13,28H,4,9-10H2,1H3,(H3,26,27,30)(H,29,33,34). The van der Waals surface area contributed by atoms with Crippen LogP contribution in [-0.4, -0.2) is 46.0 Å². The molecule has 12 heteroatoms. The SMILES string of the molecule is COc1ccc2c(c1)c(C1=C(c3c[nH]c4ccccc34)C(=O)NC1=O)cn2CCCN=C(N)N[N+](=O)[O-]. The molecule has 37 heavy (non-hydrogen) atoms. The van der Waals surface area contributed by atoms with E-state index in [1.165, 1.54) is 0 Å². The molecule has 1 aliphatic heterocycles. The fourth-order valence-corrected chi connectivity index (χ4v) is 4.60. The molecule has 5 rings (SSSR count). The number of guanidine groups is 1. The van der Waals surface area contributed by atoms with Crippen LogP contribution in [0.1, 0.15) is 17.5 Å². The van der Waals surface area contributed by atoms with Crippen LogP contribution in [0.5, 0.6) is 5.75 Å². The van der Waals surface area contributed by atoms with Gasteiger partial charge in [0.2, 0.25) is 0 Å². The van der Waals surface area contributed by atoms with E-state index in [0.29, 0.717) is 35.4 Å². The van der Waals surface area contributed by atoms with Crippen LogP contribution in [-0.2, 0) is 16.1 Å². The van der Waals surface area contributed by atoms with Gasteiger partial charge in [-0.2, -0.15) is 0 Å². The molecule has 1 aliphatic rings. The first kappa shape index (κ1) is 23.6. The summed E-state index contributed by atoms with van der Waals surface area (Å²) in [7, 11) is 1.56. The van der Waals surface area contributed by atoms with Crippen LogP contribution in [0.4, 0.5) is 0 Å². The summed E-state index contributed by atoms with van der Waals surface area (Å²) in [6.07, 6.45) is 4.09. The Bertz CT molecular complexity index is 1630. The van der Waals surface area contributed by atoms with Crippen molar-refractivity contribution in [3.63, 3.8) is 0 Å². The van der Waals surface area contributed by atoms with Crippen molar-refractivity contribution in [2.45, 2.75) is 13.0 Å². The van der Waals surface area contributed by atoms with Gasteiger partial charge in [0.25, 0.3) is 17.8 Å². The summed E-state index contributed by atoms with van der Waals surface area (Å²) < 4.78 is 7.37. The number of para-hydroxylation sites is 1. The number of aromatic nitrogens is 2. The Balaban J connectivity index is 1.60. The first-order valence-electron chi connectivity index (χ1n) is 11.4. The molecule has 3 heterocycles. The number of nitrogens with two attached hydrogens (primary N) is 1. The van der Waals surface area contributed by atoms with Gasteiger partial charge in [-0.15, -0.1) is 0 Å². The molecule has 5 N–H and O–H groups in total. The molecule has 0 unspecified atom stereocenters. The van der Waals surface area contributed by atoms with Crippen LogP contribution >= 0.6 is 0 Å². The maximum Gasteiger partial charge on any atom is 0.259 e. The number of benzene rings is 2. The van der Waals surface area contributed by atoms with Crippen molar-refractivity contribution in [2.24, 2.45) is 10.7 Å². The number of carbonyl (C=O) groups is 2. The molecule has 0 atom stereocenters. The van der Waals surface area contributed by atoms with Gasteiger partial charge < -0.3 is 20.0 Å². The van der Waals surface area contributed by atoms with E-state index in [1.54, 1.807) is 13.3 Å². The third kappa shape index (κ3) is 4.35. The fourth-order valence-electron chi connectivity index (χ4n) is 4.60. The highest BCUT2D eigenvalue weighted by atomic mass is 16.7. The number of nitrogens with one attached hydrogen (secondary N) is 3. The minimum atomic E-state index is -0.773. The number of rotatable bonds is 8. The number of nitro groups is 1. The van der Waals surface area contributed by atoms with Crippen molar-refractivity contribution in [3.8, 4) is 5.75 Å². The average molecular weight is 502 g/mol. The lowest BCUT2D eigenvalue weighted by molar-refractivity contribution is -0.525. The summed E-state index contributed by atoms with van der Waals surface area (Å²) in [4.78, 5) is 43.7. The van der Waals surface area contributed by atoms with Crippen LogP contribution in [0.25, 0.3) is 33.0 Å². The van der Waals surface area contributed by atoms with Gasteiger partial charge in [0.05, 0.1) is 18.3 Å². The number of carbonyl (C=O) groups excluding carboxylic acids is 2. The monoisotopic (exact) mass is 501 g/mol. The fraction of sp³-hybridized carbons (Fsp3) is 0.160. The largest absolute Gasteiger partial charge is 0.497 e. The second-order valence-corrected chi connectivity index (χ2v) is 8.39. The molecule has 0 saturated heterocycles. The Morgan fingerprint density at radius 3 is 2.65 bits per heavy atom. The zero-order valence-corrected chi connectivity index (χ0v) is 19.8. The normalized spacial score (nSPS) is 14.0. The molecule has 0 bridgehead atoms. The molecule has 4 aromatic rings. The van der Waals surface area contributed by atoms with E-state index in [-0.39, 0.29) is 18.1 Å². The number of aromatic amines is 1. The van der Waals surface area contributed by atoms with Crippen molar-refractivity contribution < 1.29 is 19.4 Å². The average Bonchev–Trinajstić information content (AvgIpc) is 3.53. The summed E-state index contributed by atoms with van der Waals surface area (Å²) >= 11 is 0. The number of hydrazine groups is 1. The van der Waals surface area contributed by atoms with Crippen molar-refractivity contribution in [1.29, 1.82) is 0 Å². The van der Waals surface area contributed by atoms with Gasteiger partial charge in [0, 0.05) is 58.4 Å². The van der Waals surface area contributed by atoms with Gasteiger partial charge in [-0.1, -0.05) is 23.6 Å². The second-order valence-electron chi connectivity index (χ2n) is 8.39. The van der Waals surface area contributed by atoms with Crippen LogP contribution in [0.3, 0.4) is 0 Å². The summed E-state index contributed by atoms with van der Waals surface area (Å²) in [6, 6.07) is 13.1. The predicted octanol–water partition coefficient (Wildman–Crippen LogP) is 2.18. The van der Waals surface area contributed by atoms with E-state index in [4.69, 9.17) is 10.5 Å². The molecule has 0 fully saturated rings. The number of aryl methyl sites for hydroxylation is 1. The number of ether oxygens (including phenoxy) is 1. The zero-order chi connectivity index (χ0) is 26.1. The summed E-state index contributed by atoms with van der Waals surface area (Å²) in [6.45, 7) is 0.740. The molecular weight excluding hydrogens is 478 g/mol. The number of amides is 2. The summed E-state index contributed by atoms with van der Waals surface area (Å²) in [5.41, 5.74) is 10.8. The topological polar surface area (TPSA) is 170 Å². The van der Waals surface area contributed by atoms with E-state index < -0.39 is 16.8 Å². The highest BCUT2D eigenvalue weighted by Gasteiger charge is 2.35. The Kier molecular flexibility index (Phi) is 6.05. The number of H-pyrrole nitrogens is 1. The van der Waals surface area contributed by atoms with Crippen molar-refractivity contribution in [2.75, 3.05) is 13.7 Å². The number of imide groups is 1. The third-order valence-corrected chi connectivity index (χ3v) is 6.19. The minimum absolute atomic E-state index is 0.250. The Labute approximate surface area is 209 Å². The van der Waals surface area contributed by atoms with Gasteiger partial charge in [0.1, 0.15) is 5.75 Å². The molecule has 0 spiro atoms. The highest BCUT2D eigenvalue weighted by Crippen LogP contribution is 2.39. The van der Waals surface area contributed by atoms with E-state index >= 15 is 0 Å². The first-order valence-corrected chi connectivity index (χ1v) is 11.4. The van der Waals surface area contributed by atoms with E-state index in [9.17, 15) is 19.7 Å². The predicted molar refractivity (Wildman–Crippen MR) is 138 cm³/mol. The molecule has 0 aliphatic carbocycles. The highest BCUT2D eigenvalue weighted by molar-refractivity contribution is 6.50. The van der Waals surface area contributed by atoms with Crippen LogP contribution in [0.2, 0.25) is 0 Å². The van der Waals surface area contributed by atoms with Gasteiger partial charge >= 0.3 is 0 Å². The number of hydrogen-bond acceptors (Lipinski definition) is 6. The second kappa shape index (κ2) is 9.49. The van der Waals surface area contributed by atoms with E-state index in [1.807, 2.05) is 58.7 Å². The minimum Gasteiger partial charge on any atom is -0.497 e. The third-order valence-electron chi connectivity index (χ3n) is 6.19. The molecule has 0 saturated carbocycles. The number of nitrogens with zero attached hydrogens (tertiary/aromatic N) is 3. The van der Waals surface area contributed by atoms with Crippen LogP contribution < -0.4 is 21.2 Å². The molecule has 12 nitrogen and oxygen atoms in total. The quantitative estimate of drug-likeness (QED) is 0.0716. The van der Waals surface area contributed by atoms with Crippen LogP contribution in [0.15, 0.2) is 59.9 Å². The zero-order valence-electron chi connectivity index (χ0n) is 19.8. The van der Waals surface area contributed by atoms with Crippen molar-refractivity contribution >= 4 is 50.7 Å². The summed E-state index contributed by atoms with van der Waals surface area (Å²) in [5.74, 6) is -0.608.